The second kappa shape index (κ2) is 4.89. The topological polar surface area (TPSA) is 82.8 Å². The highest BCUT2D eigenvalue weighted by molar-refractivity contribution is 5.95. The molecule has 4 rings (SSSR count). The molecule has 1 saturated heterocycles. The van der Waals surface area contributed by atoms with E-state index >= 15 is 0 Å². The van der Waals surface area contributed by atoms with E-state index in [1.165, 1.54) is 0 Å². The van der Waals surface area contributed by atoms with Crippen LogP contribution in [0, 0.1) is 5.92 Å². The predicted octanol–water partition coefficient (Wildman–Crippen LogP) is 0.650. The van der Waals surface area contributed by atoms with Gasteiger partial charge in [0.1, 0.15) is 0 Å². The molecule has 3 aliphatic rings. The van der Waals surface area contributed by atoms with Gasteiger partial charge in [0.2, 0.25) is 6.79 Å². The molecule has 2 aliphatic heterocycles. The van der Waals surface area contributed by atoms with Crippen molar-refractivity contribution in [1.29, 1.82) is 0 Å². The zero-order valence-electron chi connectivity index (χ0n) is 11.6. The zero-order valence-corrected chi connectivity index (χ0v) is 11.6. The SMILES string of the molecule is NC1C2CCCOC2C1NC(=O)c1ccc2c(c1)OCO2. The quantitative estimate of drug-likeness (QED) is 0.835. The summed E-state index contributed by atoms with van der Waals surface area (Å²) in [6.45, 7) is 0.954. The first-order valence-corrected chi connectivity index (χ1v) is 7.32. The van der Waals surface area contributed by atoms with Gasteiger partial charge >= 0.3 is 0 Å². The molecule has 0 spiro atoms. The molecule has 112 valence electrons. The van der Waals surface area contributed by atoms with E-state index in [-0.39, 0.29) is 30.9 Å². The summed E-state index contributed by atoms with van der Waals surface area (Å²) in [4.78, 5) is 12.3. The Labute approximate surface area is 122 Å². The second-order valence-corrected chi connectivity index (χ2v) is 5.79. The highest BCUT2D eigenvalue weighted by Gasteiger charge is 2.51. The fourth-order valence-corrected chi connectivity index (χ4v) is 3.40. The Morgan fingerprint density at radius 1 is 1.29 bits per heavy atom. The third-order valence-corrected chi connectivity index (χ3v) is 4.61. The van der Waals surface area contributed by atoms with Crippen molar-refractivity contribution in [2.45, 2.75) is 31.0 Å². The van der Waals surface area contributed by atoms with E-state index in [0.29, 0.717) is 23.0 Å². The first-order valence-electron chi connectivity index (χ1n) is 7.32. The van der Waals surface area contributed by atoms with Crippen molar-refractivity contribution in [3.63, 3.8) is 0 Å². The van der Waals surface area contributed by atoms with Crippen molar-refractivity contribution < 1.29 is 19.0 Å². The molecule has 0 radical (unpaired) electrons. The number of rotatable bonds is 2. The minimum atomic E-state index is -0.152. The van der Waals surface area contributed by atoms with Crippen LogP contribution in [-0.2, 0) is 4.74 Å². The average Bonchev–Trinajstić information content (AvgIpc) is 2.99. The van der Waals surface area contributed by atoms with Crippen molar-refractivity contribution in [2.75, 3.05) is 13.4 Å². The predicted molar refractivity (Wildman–Crippen MR) is 74.3 cm³/mol. The van der Waals surface area contributed by atoms with Gasteiger partial charge in [-0.2, -0.15) is 0 Å². The zero-order chi connectivity index (χ0) is 14.4. The minimum Gasteiger partial charge on any atom is -0.454 e. The molecule has 0 bridgehead atoms. The fraction of sp³-hybridized carbons (Fsp3) is 0.533. The van der Waals surface area contributed by atoms with Gasteiger partial charge in [-0.25, -0.2) is 0 Å². The summed E-state index contributed by atoms with van der Waals surface area (Å²) < 4.78 is 16.3. The van der Waals surface area contributed by atoms with Gasteiger partial charge in [-0.1, -0.05) is 0 Å². The molecular weight excluding hydrogens is 272 g/mol. The molecule has 2 fully saturated rings. The number of ether oxygens (including phenoxy) is 3. The molecule has 0 aromatic heterocycles. The van der Waals surface area contributed by atoms with Gasteiger partial charge in [0.05, 0.1) is 12.1 Å². The average molecular weight is 290 g/mol. The lowest BCUT2D eigenvalue weighted by molar-refractivity contribution is -0.117. The summed E-state index contributed by atoms with van der Waals surface area (Å²) in [6.07, 6.45) is 2.20. The highest BCUT2D eigenvalue weighted by atomic mass is 16.7. The monoisotopic (exact) mass is 290 g/mol. The van der Waals surface area contributed by atoms with E-state index in [1.807, 2.05) is 0 Å². The van der Waals surface area contributed by atoms with Crippen molar-refractivity contribution in [1.82, 2.24) is 5.32 Å². The van der Waals surface area contributed by atoms with Gasteiger partial charge in [0, 0.05) is 24.1 Å². The van der Waals surface area contributed by atoms with Crippen LogP contribution in [0.2, 0.25) is 0 Å². The molecule has 6 heteroatoms. The lowest BCUT2D eigenvalue weighted by atomic mass is 9.68. The second-order valence-electron chi connectivity index (χ2n) is 5.79. The lowest BCUT2D eigenvalue weighted by Gasteiger charge is -2.52. The standard InChI is InChI=1S/C15H18N2O4/c16-12-9-2-1-5-19-14(9)13(12)17-15(18)8-3-4-10-11(6-8)21-7-20-10/h3-4,6,9,12-14H,1-2,5,7,16H2,(H,17,18). The van der Waals surface area contributed by atoms with Gasteiger partial charge in [0.25, 0.3) is 5.91 Å². The summed E-state index contributed by atoms with van der Waals surface area (Å²) in [7, 11) is 0. The Morgan fingerprint density at radius 2 is 2.14 bits per heavy atom. The van der Waals surface area contributed by atoms with E-state index < -0.39 is 0 Å². The Morgan fingerprint density at radius 3 is 3.05 bits per heavy atom. The molecule has 2 heterocycles. The van der Waals surface area contributed by atoms with Crippen LogP contribution in [0.1, 0.15) is 23.2 Å². The number of hydrogen-bond acceptors (Lipinski definition) is 5. The maximum Gasteiger partial charge on any atom is 0.251 e. The molecule has 6 nitrogen and oxygen atoms in total. The molecule has 1 saturated carbocycles. The summed E-state index contributed by atoms with van der Waals surface area (Å²) in [5.41, 5.74) is 6.70. The van der Waals surface area contributed by atoms with E-state index in [4.69, 9.17) is 19.9 Å². The normalized spacial score (nSPS) is 33.0. The minimum absolute atomic E-state index is 0.0201. The molecule has 3 N–H and O–H groups in total. The Bertz CT molecular complexity index is 577. The molecule has 1 amide bonds. The third-order valence-electron chi connectivity index (χ3n) is 4.61. The van der Waals surface area contributed by atoms with Gasteiger partial charge in [-0.05, 0) is 31.0 Å². The first-order chi connectivity index (χ1) is 10.2. The lowest BCUT2D eigenvalue weighted by Crippen LogP contribution is -2.72. The van der Waals surface area contributed by atoms with Crippen molar-refractivity contribution in [3.8, 4) is 11.5 Å². The number of nitrogens with two attached hydrogens (primary N) is 1. The maximum absolute atomic E-state index is 12.3. The smallest absolute Gasteiger partial charge is 0.251 e. The molecule has 1 aromatic rings. The number of benzene rings is 1. The van der Waals surface area contributed by atoms with E-state index in [0.717, 1.165) is 19.4 Å². The van der Waals surface area contributed by atoms with Crippen LogP contribution in [0.4, 0.5) is 0 Å². The van der Waals surface area contributed by atoms with E-state index in [2.05, 4.69) is 5.32 Å². The van der Waals surface area contributed by atoms with Crippen LogP contribution in [0.3, 0.4) is 0 Å². The number of hydrogen-bond donors (Lipinski definition) is 2. The summed E-state index contributed by atoms with van der Waals surface area (Å²) in [5, 5.41) is 2.99. The Kier molecular flexibility index (Phi) is 3.01. The Hall–Kier alpha value is -1.79. The van der Waals surface area contributed by atoms with Crippen LogP contribution < -0.4 is 20.5 Å². The van der Waals surface area contributed by atoms with Crippen molar-refractivity contribution in [3.05, 3.63) is 23.8 Å². The molecule has 1 aliphatic carbocycles. The fourth-order valence-electron chi connectivity index (χ4n) is 3.40. The number of fused-ring (bicyclic) bond motifs is 2. The molecular formula is C15H18N2O4. The largest absolute Gasteiger partial charge is 0.454 e. The summed E-state index contributed by atoms with van der Waals surface area (Å²) in [5.74, 6) is 1.50. The van der Waals surface area contributed by atoms with Gasteiger partial charge in [-0.3, -0.25) is 4.79 Å². The van der Waals surface area contributed by atoms with Gasteiger partial charge in [0.15, 0.2) is 11.5 Å². The summed E-state index contributed by atoms with van der Waals surface area (Å²) >= 11 is 0. The van der Waals surface area contributed by atoms with Crippen molar-refractivity contribution >= 4 is 5.91 Å². The van der Waals surface area contributed by atoms with Crippen LogP contribution in [0.15, 0.2) is 18.2 Å². The number of amides is 1. The first kappa shape index (κ1) is 12.9. The Balaban J connectivity index is 1.46. The maximum atomic E-state index is 12.3. The van der Waals surface area contributed by atoms with Crippen LogP contribution in [0.25, 0.3) is 0 Å². The molecule has 1 aromatic carbocycles. The number of carbonyl (C=O) groups is 1. The van der Waals surface area contributed by atoms with Gasteiger partial charge < -0.3 is 25.3 Å². The molecule has 21 heavy (non-hydrogen) atoms. The van der Waals surface area contributed by atoms with Crippen molar-refractivity contribution in [2.24, 2.45) is 11.7 Å². The number of nitrogens with one attached hydrogen (secondary N) is 1. The molecule has 4 unspecified atom stereocenters. The number of carbonyl (C=O) groups excluding carboxylic acids is 1. The summed E-state index contributed by atoms with van der Waals surface area (Å²) in [6, 6.07) is 5.05. The molecule has 4 atom stereocenters. The third kappa shape index (κ3) is 2.06. The van der Waals surface area contributed by atoms with Crippen LogP contribution in [-0.4, -0.2) is 37.5 Å². The van der Waals surface area contributed by atoms with Gasteiger partial charge in [-0.15, -0.1) is 0 Å². The van der Waals surface area contributed by atoms with E-state index in [9.17, 15) is 4.79 Å². The highest BCUT2D eigenvalue weighted by Crippen LogP contribution is 2.37. The van der Waals surface area contributed by atoms with Crippen LogP contribution in [0.5, 0.6) is 11.5 Å². The van der Waals surface area contributed by atoms with E-state index in [1.54, 1.807) is 18.2 Å². The van der Waals surface area contributed by atoms with Crippen LogP contribution >= 0.6 is 0 Å².